The van der Waals surface area contributed by atoms with Gasteiger partial charge in [0.25, 0.3) is 5.91 Å². The maximum Gasteiger partial charge on any atom is 0.252 e. The Morgan fingerprint density at radius 2 is 1.97 bits per heavy atom. The van der Waals surface area contributed by atoms with Crippen molar-refractivity contribution in [1.29, 1.82) is 0 Å². The van der Waals surface area contributed by atoms with Gasteiger partial charge in [-0.3, -0.25) is 9.78 Å². The first-order valence-corrected chi connectivity index (χ1v) is 9.24. The van der Waals surface area contributed by atoms with Crippen LogP contribution in [0.3, 0.4) is 0 Å². The van der Waals surface area contributed by atoms with Gasteiger partial charge in [0.2, 0.25) is 6.79 Å². The van der Waals surface area contributed by atoms with Crippen molar-refractivity contribution < 1.29 is 19.0 Å². The fourth-order valence-electron chi connectivity index (χ4n) is 3.02. The van der Waals surface area contributed by atoms with E-state index < -0.39 is 0 Å². The van der Waals surface area contributed by atoms with Crippen molar-refractivity contribution in [3.63, 3.8) is 0 Å². The summed E-state index contributed by atoms with van der Waals surface area (Å²) in [5.41, 5.74) is 3.12. The molecule has 29 heavy (non-hydrogen) atoms. The highest BCUT2D eigenvalue weighted by Gasteiger charge is 2.13. The number of hydrogen-bond acceptors (Lipinski definition) is 6. The third-order valence-electron chi connectivity index (χ3n) is 4.50. The number of carbonyl (C=O) groups excluding carboxylic acids is 1. The number of pyridine rings is 1. The number of methoxy groups -OCH3 is 1. The number of aromatic nitrogens is 1. The Morgan fingerprint density at radius 1 is 1.07 bits per heavy atom. The summed E-state index contributed by atoms with van der Waals surface area (Å²) in [6.07, 6.45) is 3.93. The summed E-state index contributed by atoms with van der Waals surface area (Å²) in [6, 6.07) is 15.1. The smallest absolute Gasteiger partial charge is 0.252 e. The highest BCUT2D eigenvalue weighted by molar-refractivity contribution is 5.94. The Labute approximate surface area is 168 Å². The Balaban J connectivity index is 1.35. The van der Waals surface area contributed by atoms with Gasteiger partial charge in [0.1, 0.15) is 5.75 Å². The molecule has 0 spiro atoms. The first-order valence-electron chi connectivity index (χ1n) is 9.24. The van der Waals surface area contributed by atoms with Crippen LogP contribution >= 0.6 is 0 Å². The molecule has 2 N–H and O–H groups in total. The van der Waals surface area contributed by atoms with E-state index in [1.54, 1.807) is 25.6 Å². The number of benzene rings is 2. The summed E-state index contributed by atoms with van der Waals surface area (Å²) < 4.78 is 15.9. The molecule has 4 rings (SSSR count). The minimum atomic E-state index is -0.172. The van der Waals surface area contributed by atoms with E-state index in [0.717, 1.165) is 22.7 Å². The Kier molecular flexibility index (Phi) is 5.47. The van der Waals surface area contributed by atoms with Crippen LogP contribution in [-0.4, -0.2) is 31.3 Å². The van der Waals surface area contributed by atoms with Crippen molar-refractivity contribution in [3.8, 4) is 17.2 Å². The van der Waals surface area contributed by atoms with Gasteiger partial charge >= 0.3 is 0 Å². The largest absolute Gasteiger partial charge is 0.497 e. The van der Waals surface area contributed by atoms with Gasteiger partial charge in [0.05, 0.1) is 24.6 Å². The van der Waals surface area contributed by atoms with E-state index in [9.17, 15) is 4.79 Å². The van der Waals surface area contributed by atoms with Gasteiger partial charge in [-0.25, -0.2) is 0 Å². The third kappa shape index (κ3) is 4.57. The molecule has 148 valence electrons. The minimum absolute atomic E-state index is 0.172. The Morgan fingerprint density at radius 3 is 2.86 bits per heavy atom. The lowest BCUT2D eigenvalue weighted by Gasteiger charge is -2.09. The number of hydrogen-bond donors (Lipinski definition) is 2. The number of nitrogens with zero attached hydrogens (tertiary/aromatic N) is 1. The lowest BCUT2D eigenvalue weighted by molar-refractivity contribution is 0.0954. The summed E-state index contributed by atoms with van der Waals surface area (Å²) in [5, 5.41) is 6.16. The zero-order valence-electron chi connectivity index (χ0n) is 16.0. The highest BCUT2D eigenvalue weighted by atomic mass is 16.7. The molecule has 0 fully saturated rings. The van der Waals surface area contributed by atoms with E-state index in [4.69, 9.17) is 14.2 Å². The zero-order chi connectivity index (χ0) is 20.1. The average Bonchev–Trinajstić information content (AvgIpc) is 3.22. The van der Waals surface area contributed by atoms with Crippen LogP contribution in [0.2, 0.25) is 0 Å². The Bertz CT molecular complexity index is 1020. The van der Waals surface area contributed by atoms with Crippen LogP contribution < -0.4 is 24.8 Å². The molecule has 3 aromatic rings. The van der Waals surface area contributed by atoms with Crippen LogP contribution in [-0.2, 0) is 6.42 Å². The molecule has 0 saturated carbocycles. The number of carbonyl (C=O) groups is 1. The molecule has 0 bridgehead atoms. The lowest BCUT2D eigenvalue weighted by atomic mass is 10.1. The van der Waals surface area contributed by atoms with E-state index in [2.05, 4.69) is 15.6 Å². The van der Waals surface area contributed by atoms with Crippen molar-refractivity contribution in [3.05, 3.63) is 72.1 Å². The van der Waals surface area contributed by atoms with Crippen LogP contribution in [0, 0.1) is 0 Å². The molecule has 0 radical (unpaired) electrons. The second-order valence-corrected chi connectivity index (χ2v) is 6.51. The number of ether oxygens (including phenoxy) is 3. The minimum Gasteiger partial charge on any atom is -0.497 e. The monoisotopic (exact) mass is 391 g/mol. The van der Waals surface area contributed by atoms with Crippen LogP contribution in [0.4, 0.5) is 11.4 Å². The first kappa shape index (κ1) is 18.6. The van der Waals surface area contributed by atoms with Gasteiger partial charge in [-0.1, -0.05) is 12.1 Å². The number of rotatable bonds is 7. The maximum atomic E-state index is 12.5. The molecule has 2 heterocycles. The normalized spacial score (nSPS) is 11.8. The molecular weight excluding hydrogens is 370 g/mol. The average molecular weight is 391 g/mol. The second-order valence-electron chi connectivity index (χ2n) is 6.51. The van der Waals surface area contributed by atoms with Gasteiger partial charge in [0, 0.05) is 24.5 Å². The molecule has 1 amide bonds. The molecule has 1 aliphatic rings. The first-order chi connectivity index (χ1) is 14.2. The zero-order valence-corrected chi connectivity index (χ0v) is 16.0. The summed E-state index contributed by atoms with van der Waals surface area (Å²) in [5.74, 6) is 2.04. The van der Waals surface area contributed by atoms with E-state index in [0.29, 0.717) is 30.0 Å². The number of anilines is 2. The van der Waals surface area contributed by atoms with Crippen molar-refractivity contribution >= 4 is 17.3 Å². The molecule has 1 aliphatic heterocycles. The van der Waals surface area contributed by atoms with E-state index >= 15 is 0 Å². The van der Waals surface area contributed by atoms with Gasteiger partial charge in [0.15, 0.2) is 11.5 Å². The second kappa shape index (κ2) is 8.52. The molecule has 7 heteroatoms. The third-order valence-corrected chi connectivity index (χ3v) is 4.50. The van der Waals surface area contributed by atoms with Crippen molar-refractivity contribution in [2.45, 2.75) is 6.42 Å². The van der Waals surface area contributed by atoms with Gasteiger partial charge in [-0.05, 0) is 42.3 Å². The quantitative estimate of drug-likeness (QED) is 0.641. The van der Waals surface area contributed by atoms with Crippen LogP contribution in [0.15, 0.2) is 60.9 Å². The predicted octanol–water partition coefficient (Wildman–Crippen LogP) is 3.54. The Hall–Kier alpha value is -3.74. The summed E-state index contributed by atoms with van der Waals surface area (Å²) in [6.45, 7) is 0.748. The summed E-state index contributed by atoms with van der Waals surface area (Å²) in [7, 11) is 1.64. The topological polar surface area (TPSA) is 81.7 Å². The van der Waals surface area contributed by atoms with Crippen LogP contribution in [0.5, 0.6) is 17.2 Å². The molecule has 2 aromatic carbocycles. The maximum absolute atomic E-state index is 12.5. The highest BCUT2D eigenvalue weighted by Crippen LogP contribution is 2.35. The number of nitrogens with one attached hydrogen (secondary N) is 2. The fraction of sp³-hybridized carbons (Fsp3) is 0.182. The fourth-order valence-corrected chi connectivity index (χ4v) is 3.02. The number of fused-ring (bicyclic) bond motifs is 1. The van der Waals surface area contributed by atoms with E-state index in [-0.39, 0.29) is 12.7 Å². The standard InChI is InChI=1S/C22H21N3O4/c1-27-19-4-2-3-15(9-19)7-8-24-22(26)16-10-18(13-23-12-16)25-17-5-6-20-21(11-17)29-14-28-20/h2-6,9-13,25H,7-8,14H2,1H3,(H,24,26). The van der Waals surface area contributed by atoms with E-state index in [1.165, 1.54) is 0 Å². The van der Waals surface area contributed by atoms with Crippen molar-refractivity contribution in [2.24, 2.45) is 0 Å². The van der Waals surface area contributed by atoms with E-state index in [1.807, 2.05) is 42.5 Å². The summed E-state index contributed by atoms with van der Waals surface area (Å²) >= 11 is 0. The SMILES string of the molecule is COc1cccc(CCNC(=O)c2cncc(Nc3ccc4c(c3)OCO4)c2)c1. The van der Waals surface area contributed by atoms with Crippen LogP contribution in [0.25, 0.3) is 0 Å². The molecular formula is C22H21N3O4. The molecule has 0 atom stereocenters. The molecule has 0 saturated heterocycles. The molecule has 0 unspecified atom stereocenters. The molecule has 0 aliphatic carbocycles. The molecule has 7 nitrogen and oxygen atoms in total. The number of amides is 1. The van der Waals surface area contributed by atoms with Gasteiger partial charge in [-0.2, -0.15) is 0 Å². The summed E-state index contributed by atoms with van der Waals surface area (Å²) in [4.78, 5) is 16.6. The van der Waals surface area contributed by atoms with Gasteiger partial charge < -0.3 is 24.8 Å². The molecule has 1 aromatic heterocycles. The van der Waals surface area contributed by atoms with Crippen LogP contribution in [0.1, 0.15) is 15.9 Å². The predicted molar refractivity (Wildman–Crippen MR) is 109 cm³/mol. The van der Waals surface area contributed by atoms with Gasteiger partial charge in [-0.15, -0.1) is 0 Å². The van der Waals surface area contributed by atoms with Crippen molar-refractivity contribution in [1.82, 2.24) is 10.3 Å². The van der Waals surface area contributed by atoms with Crippen molar-refractivity contribution in [2.75, 3.05) is 25.8 Å². The lowest BCUT2D eigenvalue weighted by Crippen LogP contribution is -2.25.